The summed E-state index contributed by atoms with van der Waals surface area (Å²) >= 11 is 0. The minimum absolute atomic E-state index is 0.184. The molecule has 0 aliphatic carbocycles. The van der Waals surface area contributed by atoms with Crippen LogP contribution in [0, 0.1) is 11.3 Å². The summed E-state index contributed by atoms with van der Waals surface area (Å²) in [6, 6.07) is 7.74. The first kappa shape index (κ1) is 13.9. The van der Waals surface area contributed by atoms with Crippen LogP contribution in [-0.4, -0.2) is 14.8 Å². The number of anilines is 1. The van der Waals surface area contributed by atoms with Crippen LogP contribution in [0.2, 0.25) is 0 Å². The number of aromatic nitrogens is 3. The molecular formula is C16H15N5O. The minimum atomic E-state index is 0.184. The number of nitrogens with two attached hydrogens (primary N) is 1. The second-order valence-corrected chi connectivity index (χ2v) is 5.21. The van der Waals surface area contributed by atoms with Crippen molar-refractivity contribution in [3.63, 3.8) is 0 Å². The molecule has 0 aliphatic heterocycles. The first-order valence-electron chi connectivity index (χ1n) is 6.89. The zero-order valence-corrected chi connectivity index (χ0v) is 12.3. The second-order valence-electron chi connectivity index (χ2n) is 5.21. The highest BCUT2D eigenvalue weighted by atomic mass is 16.3. The van der Waals surface area contributed by atoms with Gasteiger partial charge in [-0.05, 0) is 32.0 Å². The highest BCUT2D eigenvalue weighted by molar-refractivity contribution is 5.78. The largest absolute Gasteiger partial charge is 0.463 e. The van der Waals surface area contributed by atoms with E-state index in [0.29, 0.717) is 22.6 Å². The van der Waals surface area contributed by atoms with Gasteiger partial charge in [0.2, 0.25) is 0 Å². The van der Waals surface area contributed by atoms with Crippen molar-refractivity contribution in [3.05, 3.63) is 42.4 Å². The van der Waals surface area contributed by atoms with Crippen molar-refractivity contribution < 1.29 is 4.42 Å². The molecule has 0 saturated heterocycles. The molecule has 3 aromatic heterocycles. The Morgan fingerprint density at radius 1 is 1.41 bits per heavy atom. The maximum absolute atomic E-state index is 9.38. The number of pyridine rings is 1. The van der Waals surface area contributed by atoms with Gasteiger partial charge in [0.15, 0.2) is 5.76 Å². The first-order chi connectivity index (χ1) is 10.6. The third-order valence-corrected chi connectivity index (χ3v) is 3.37. The number of hydrogen-bond acceptors (Lipinski definition) is 5. The summed E-state index contributed by atoms with van der Waals surface area (Å²) in [6.07, 6.45) is 5.19. The van der Waals surface area contributed by atoms with E-state index in [4.69, 9.17) is 10.2 Å². The minimum Gasteiger partial charge on any atom is -0.463 e. The summed E-state index contributed by atoms with van der Waals surface area (Å²) < 4.78 is 7.19. The van der Waals surface area contributed by atoms with Gasteiger partial charge in [-0.2, -0.15) is 10.4 Å². The highest BCUT2D eigenvalue weighted by Gasteiger charge is 2.16. The molecule has 0 amide bonds. The molecule has 6 heteroatoms. The van der Waals surface area contributed by atoms with Crippen LogP contribution in [-0.2, 0) is 0 Å². The van der Waals surface area contributed by atoms with Crippen LogP contribution in [0.25, 0.3) is 22.6 Å². The third-order valence-electron chi connectivity index (χ3n) is 3.37. The Balaban J connectivity index is 2.18. The Kier molecular flexibility index (Phi) is 3.39. The molecule has 0 atom stereocenters. The molecule has 110 valence electrons. The van der Waals surface area contributed by atoms with Gasteiger partial charge in [-0.1, -0.05) is 0 Å². The van der Waals surface area contributed by atoms with E-state index in [1.807, 2.05) is 24.7 Å². The summed E-state index contributed by atoms with van der Waals surface area (Å²) in [5.74, 6) is 0.789. The van der Waals surface area contributed by atoms with Crippen molar-refractivity contribution in [1.29, 1.82) is 5.26 Å². The summed E-state index contributed by atoms with van der Waals surface area (Å²) in [7, 11) is 0. The fraction of sp³-hybridized carbons (Fsp3) is 0.188. The maximum atomic E-state index is 9.38. The van der Waals surface area contributed by atoms with Crippen molar-refractivity contribution in [1.82, 2.24) is 14.8 Å². The number of rotatable bonds is 3. The molecule has 6 nitrogen and oxygen atoms in total. The van der Waals surface area contributed by atoms with E-state index in [-0.39, 0.29) is 11.9 Å². The molecule has 0 spiro atoms. The smallest absolute Gasteiger partial charge is 0.152 e. The van der Waals surface area contributed by atoms with Gasteiger partial charge < -0.3 is 10.2 Å². The Labute approximate surface area is 127 Å². The fourth-order valence-corrected chi connectivity index (χ4v) is 2.22. The van der Waals surface area contributed by atoms with Crippen LogP contribution < -0.4 is 5.73 Å². The average Bonchev–Trinajstić information content (AvgIpc) is 3.18. The summed E-state index contributed by atoms with van der Waals surface area (Å²) in [5, 5.41) is 13.7. The molecule has 2 N–H and O–H groups in total. The van der Waals surface area contributed by atoms with E-state index < -0.39 is 0 Å². The lowest BCUT2D eigenvalue weighted by atomic mass is 10.0. The van der Waals surface area contributed by atoms with Gasteiger partial charge in [-0.3, -0.25) is 4.68 Å². The Morgan fingerprint density at radius 2 is 2.23 bits per heavy atom. The van der Waals surface area contributed by atoms with E-state index in [2.05, 4.69) is 16.2 Å². The lowest BCUT2D eigenvalue weighted by Crippen LogP contribution is -2.00. The molecule has 0 saturated carbocycles. The molecule has 3 rings (SSSR count). The normalized spacial score (nSPS) is 10.8. The van der Waals surface area contributed by atoms with Gasteiger partial charge in [0.1, 0.15) is 23.1 Å². The van der Waals surface area contributed by atoms with Gasteiger partial charge in [0, 0.05) is 23.4 Å². The van der Waals surface area contributed by atoms with Gasteiger partial charge >= 0.3 is 0 Å². The van der Waals surface area contributed by atoms with E-state index in [1.54, 1.807) is 30.7 Å². The molecule has 0 unspecified atom stereocenters. The molecular weight excluding hydrogens is 278 g/mol. The standard InChI is InChI=1S/C16H15N5O/c1-10(2)21-9-11(8-19-21)12-6-14(15-4-3-5-22-15)20-16(18)13(12)7-17/h3-6,8-10H,1-2H3,(H2,18,20). The van der Waals surface area contributed by atoms with Crippen LogP contribution in [0.3, 0.4) is 0 Å². The van der Waals surface area contributed by atoms with Gasteiger partial charge in [0.25, 0.3) is 0 Å². The second kappa shape index (κ2) is 5.37. The molecule has 0 aromatic carbocycles. The predicted octanol–water partition coefficient (Wildman–Crippen LogP) is 3.24. The van der Waals surface area contributed by atoms with Gasteiger partial charge in [-0.25, -0.2) is 4.98 Å². The van der Waals surface area contributed by atoms with Crippen LogP contribution in [0.5, 0.6) is 0 Å². The number of furan rings is 1. The Bertz CT molecular complexity index is 840. The molecule has 0 fully saturated rings. The van der Waals surface area contributed by atoms with Crippen molar-refractivity contribution in [2.75, 3.05) is 5.73 Å². The molecule has 3 heterocycles. The highest BCUT2D eigenvalue weighted by Crippen LogP contribution is 2.31. The van der Waals surface area contributed by atoms with Gasteiger partial charge in [0.05, 0.1) is 12.5 Å². The third kappa shape index (κ3) is 2.33. The van der Waals surface area contributed by atoms with Crippen LogP contribution in [0.1, 0.15) is 25.5 Å². The quantitative estimate of drug-likeness (QED) is 0.800. The van der Waals surface area contributed by atoms with Gasteiger partial charge in [-0.15, -0.1) is 0 Å². The number of hydrogen-bond donors (Lipinski definition) is 1. The summed E-state index contributed by atoms with van der Waals surface area (Å²) in [4.78, 5) is 4.25. The lowest BCUT2D eigenvalue weighted by molar-refractivity contribution is 0.532. The average molecular weight is 293 g/mol. The first-order valence-corrected chi connectivity index (χ1v) is 6.89. The van der Waals surface area contributed by atoms with Crippen molar-refractivity contribution in [2.24, 2.45) is 0 Å². The topological polar surface area (TPSA) is 93.7 Å². The predicted molar refractivity (Wildman–Crippen MR) is 82.7 cm³/mol. The van der Waals surface area contributed by atoms with Crippen LogP contribution >= 0.6 is 0 Å². The lowest BCUT2D eigenvalue weighted by Gasteiger charge is -2.07. The maximum Gasteiger partial charge on any atom is 0.152 e. The van der Waals surface area contributed by atoms with E-state index in [1.165, 1.54) is 0 Å². The van der Waals surface area contributed by atoms with E-state index in [9.17, 15) is 5.26 Å². The van der Waals surface area contributed by atoms with Crippen molar-refractivity contribution >= 4 is 5.82 Å². The van der Waals surface area contributed by atoms with E-state index in [0.717, 1.165) is 5.56 Å². The SMILES string of the molecule is CC(C)n1cc(-c2cc(-c3ccco3)nc(N)c2C#N)cn1. The number of nitriles is 1. The Morgan fingerprint density at radius 3 is 2.82 bits per heavy atom. The van der Waals surface area contributed by atoms with Crippen LogP contribution in [0.4, 0.5) is 5.82 Å². The molecule has 0 aliphatic rings. The van der Waals surface area contributed by atoms with Crippen molar-refractivity contribution in [2.45, 2.75) is 19.9 Å². The molecule has 22 heavy (non-hydrogen) atoms. The Hall–Kier alpha value is -3.07. The van der Waals surface area contributed by atoms with Crippen LogP contribution in [0.15, 0.2) is 41.3 Å². The molecule has 0 bridgehead atoms. The van der Waals surface area contributed by atoms with E-state index >= 15 is 0 Å². The molecule has 0 radical (unpaired) electrons. The zero-order valence-electron chi connectivity index (χ0n) is 12.3. The fourth-order valence-electron chi connectivity index (χ4n) is 2.22. The van der Waals surface area contributed by atoms with Crippen molar-refractivity contribution in [3.8, 4) is 28.7 Å². The monoisotopic (exact) mass is 293 g/mol. The number of nitrogens with zero attached hydrogens (tertiary/aromatic N) is 4. The molecule has 3 aromatic rings. The zero-order chi connectivity index (χ0) is 15.7. The summed E-state index contributed by atoms with van der Waals surface area (Å²) in [6.45, 7) is 4.08. The summed E-state index contributed by atoms with van der Waals surface area (Å²) in [5.41, 5.74) is 8.41. The number of nitrogen functional groups attached to an aromatic ring is 1.